The highest BCUT2D eigenvalue weighted by molar-refractivity contribution is 6.06. The van der Waals surface area contributed by atoms with Gasteiger partial charge in [-0.3, -0.25) is 9.78 Å². The number of hydrogen-bond acceptors (Lipinski definition) is 6. The summed E-state index contributed by atoms with van der Waals surface area (Å²) < 4.78 is 13.1. The number of hydrogen-bond donors (Lipinski definition) is 1. The number of aromatic nitrogens is 4. The summed E-state index contributed by atoms with van der Waals surface area (Å²) in [7, 11) is 0. The molecule has 5 rings (SSSR count). The minimum atomic E-state index is -0.291. The molecule has 144 valence electrons. The number of nitrogens with zero attached hydrogens (tertiary/aromatic N) is 4. The van der Waals surface area contributed by atoms with Gasteiger partial charge in [-0.25, -0.2) is 9.97 Å². The number of rotatable bonds is 4. The van der Waals surface area contributed by atoms with Crippen molar-refractivity contribution in [3.05, 3.63) is 72.4 Å². The molecular formula is C21H17N5O3. The summed E-state index contributed by atoms with van der Waals surface area (Å²) in [5, 5.41) is 2.87. The van der Waals surface area contributed by atoms with E-state index in [9.17, 15) is 4.79 Å². The Morgan fingerprint density at radius 3 is 2.90 bits per heavy atom. The number of imidazole rings is 1. The molecule has 3 aromatic heterocycles. The van der Waals surface area contributed by atoms with Crippen molar-refractivity contribution in [3.63, 3.8) is 0 Å². The standard InChI is InChI=1S/C21H17N5O3/c27-21(25-16-5-3-6-18-19(16)29-9-8-28-18)14-10-17-20(23-11-14)26(13-24-17)12-15-4-1-2-7-22-15/h1-7,10-11,13H,8-9,12H2,(H,25,27). The normalized spacial score (nSPS) is 12.7. The number of para-hydroxylation sites is 1. The number of fused-ring (bicyclic) bond motifs is 2. The molecule has 0 atom stereocenters. The van der Waals surface area contributed by atoms with Crippen LogP contribution in [0, 0.1) is 0 Å². The van der Waals surface area contributed by atoms with E-state index >= 15 is 0 Å². The van der Waals surface area contributed by atoms with Crippen molar-refractivity contribution < 1.29 is 14.3 Å². The lowest BCUT2D eigenvalue weighted by Crippen LogP contribution is -2.18. The molecule has 0 unspecified atom stereocenters. The summed E-state index contributed by atoms with van der Waals surface area (Å²) >= 11 is 0. The first-order chi connectivity index (χ1) is 14.3. The van der Waals surface area contributed by atoms with E-state index in [1.165, 1.54) is 0 Å². The van der Waals surface area contributed by atoms with Gasteiger partial charge >= 0.3 is 0 Å². The lowest BCUT2D eigenvalue weighted by Gasteiger charge is -2.21. The van der Waals surface area contributed by atoms with Crippen molar-refractivity contribution in [1.82, 2.24) is 19.5 Å². The molecular weight excluding hydrogens is 370 g/mol. The first-order valence-corrected chi connectivity index (χ1v) is 9.19. The highest BCUT2D eigenvalue weighted by atomic mass is 16.6. The zero-order valence-electron chi connectivity index (χ0n) is 15.4. The lowest BCUT2D eigenvalue weighted by molar-refractivity contribution is 0.102. The molecule has 4 aromatic rings. The molecule has 29 heavy (non-hydrogen) atoms. The molecule has 4 heterocycles. The number of carbonyl (C=O) groups excluding carboxylic acids is 1. The van der Waals surface area contributed by atoms with Crippen LogP contribution in [0.2, 0.25) is 0 Å². The fourth-order valence-corrected chi connectivity index (χ4v) is 3.22. The Morgan fingerprint density at radius 2 is 2.00 bits per heavy atom. The fourth-order valence-electron chi connectivity index (χ4n) is 3.22. The smallest absolute Gasteiger partial charge is 0.257 e. The van der Waals surface area contributed by atoms with Crippen molar-refractivity contribution in [2.24, 2.45) is 0 Å². The van der Waals surface area contributed by atoms with Crippen LogP contribution < -0.4 is 14.8 Å². The van der Waals surface area contributed by atoms with Gasteiger partial charge in [0.15, 0.2) is 17.1 Å². The minimum Gasteiger partial charge on any atom is -0.486 e. The molecule has 8 heteroatoms. The maximum atomic E-state index is 12.7. The van der Waals surface area contributed by atoms with Gasteiger partial charge in [0, 0.05) is 12.4 Å². The summed E-state index contributed by atoms with van der Waals surface area (Å²) in [4.78, 5) is 25.9. The van der Waals surface area contributed by atoms with E-state index < -0.39 is 0 Å². The Kier molecular flexibility index (Phi) is 4.28. The van der Waals surface area contributed by atoms with Crippen LogP contribution in [0.4, 0.5) is 5.69 Å². The Labute approximate surface area is 166 Å². The summed E-state index contributed by atoms with van der Waals surface area (Å²) in [6.45, 7) is 1.50. The van der Waals surface area contributed by atoms with Gasteiger partial charge in [0.1, 0.15) is 18.7 Å². The van der Waals surface area contributed by atoms with Crippen LogP contribution in [0.25, 0.3) is 11.2 Å². The van der Waals surface area contributed by atoms with E-state index in [1.807, 2.05) is 34.9 Å². The van der Waals surface area contributed by atoms with Crippen LogP contribution >= 0.6 is 0 Å². The predicted molar refractivity (Wildman–Crippen MR) is 106 cm³/mol. The van der Waals surface area contributed by atoms with Gasteiger partial charge in [-0.15, -0.1) is 0 Å². The van der Waals surface area contributed by atoms with E-state index in [0.717, 1.165) is 5.69 Å². The van der Waals surface area contributed by atoms with Gasteiger partial charge in [-0.05, 0) is 30.3 Å². The van der Waals surface area contributed by atoms with Crippen molar-refractivity contribution >= 4 is 22.8 Å². The van der Waals surface area contributed by atoms with Gasteiger partial charge in [0.25, 0.3) is 5.91 Å². The zero-order chi connectivity index (χ0) is 19.6. The molecule has 0 spiro atoms. The van der Waals surface area contributed by atoms with Crippen LogP contribution in [0.5, 0.6) is 11.5 Å². The van der Waals surface area contributed by atoms with E-state index in [-0.39, 0.29) is 5.91 Å². The second-order valence-corrected chi connectivity index (χ2v) is 6.54. The third-order valence-electron chi connectivity index (χ3n) is 4.59. The second-order valence-electron chi connectivity index (χ2n) is 6.54. The van der Waals surface area contributed by atoms with Gasteiger partial charge in [-0.2, -0.15) is 0 Å². The molecule has 1 N–H and O–H groups in total. The average Bonchev–Trinajstić information content (AvgIpc) is 3.17. The summed E-state index contributed by atoms with van der Waals surface area (Å²) in [5.74, 6) is 0.873. The van der Waals surface area contributed by atoms with Crippen LogP contribution in [0.1, 0.15) is 16.1 Å². The number of anilines is 1. The largest absolute Gasteiger partial charge is 0.486 e. The van der Waals surface area contributed by atoms with Gasteiger partial charge in [0.2, 0.25) is 0 Å². The molecule has 1 aliphatic rings. The minimum absolute atomic E-state index is 0.291. The molecule has 0 aliphatic carbocycles. The number of pyridine rings is 2. The first kappa shape index (κ1) is 17.2. The third kappa shape index (κ3) is 3.36. The average molecular weight is 387 g/mol. The molecule has 0 radical (unpaired) electrons. The number of carbonyl (C=O) groups is 1. The predicted octanol–water partition coefficient (Wildman–Crippen LogP) is 2.90. The Morgan fingerprint density at radius 1 is 1.07 bits per heavy atom. The number of nitrogens with one attached hydrogen (secondary N) is 1. The van der Waals surface area contributed by atoms with E-state index in [0.29, 0.717) is 53.7 Å². The lowest BCUT2D eigenvalue weighted by atomic mass is 10.2. The van der Waals surface area contributed by atoms with E-state index in [4.69, 9.17) is 9.47 Å². The Balaban J connectivity index is 1.39. The maximum absolute atomic E-state index is 12.7. The van der Waals surface area contributed by atoms with Crippen LogP contribution in [-0.4, -0.2) is 38.6 Å². The molecule has 0 saturated carbocycles. The van der Waals surface area contributed by atoms with Crippen LogP contribution in [0.3, 0.4) is 0 Å². The third-order valence-corrected chi connectivity index (χ3v) is 4.59. The molecule has 1 amide bonds. The number of amides is 1. The van der Waals surface area contributed by atoms with E-state index in [2.05, 4.69) is 20.3 Å². The molecule has 0 bridgehead atoms. The molecule has 1 aliphatic heterocycles. The molecule has 1 aromatic carbocycles. The van der Waals surface area contributed by atoms with Crippen molar-refractivity contribution in [3.8, 4) is 11.5 Å². The SMILES string of the molecule is O=C(Nc1cccc2c1OCCO2)c1cnc2c(c1)ncn2Cc1ccccn1. The topological polar surface area (TPSA) is 91.2 Å². The Bertz CT molecular complexity index is 1190. The zero-order valence-corrected chi connectivity index (χ0v) is 15.4. The summed E-state index contributed by atoms with van der Waals surface area (Å²) in [5.41, 5.74) is 3.22. The number of benzene rings is 1. The number of ether oxygens (including phenoxy) is 2. The monoisotopic (exact) mass is 387 g/mol. The van der Waals surface area contributed by atoms with Crippen LogP contribution in [0.15, 0.2) is 61.2 Å². The quantitative estimate of drug-likeness (QED) is 0.579. The summed E-state index contributed by atoms with van der Waals surface area (Å²) in [6.07, 6.45) is 5.00. The van der Waals surface area contributed by atoms with Gasteiger partial charge in [-0.1, -0.05) is 12.1 Å². The highest BCUT2D eigenvalue weighted by Crippen LogP contribution is 2.37. The second kappa shape index (κ2) is 7.23. The van der Waals surface area contributed by atoms with E-state index in [1.54, 1.807) is 30.9 Å². The molecule has 0 saturated heterocycles. The first-order valence-electron chi connectivity index (χ1n) is 9.19. The Hall–Kier alpha value is -3.94. The fraction of sp³-hybridized carbons (Fsp3) is 0.143. The van der Waals surface area contributed by atoms with Crippen molar-refractivity contribution in [1.29, 1.82) is 0 Å². The van der Waals surface area contributed by atoms with Gasteiger partial charge in [0.05, 0.1) is 29.8 Å². The summed E-state index contributed by atoms with van der Waals surface area (Å²) in [6, 6.07) is 12.9. The van der Waals surface area contributed by atoms with Crippen molar-refractivity contribution in [2.45, 2.75) is 6.54 Å². The van der Waals surface area contributed by atoms with Crippen LogP contribution in [-0.2, 0) is 6.54 Å². The van der Waals surface area contributed by atoms with Crippen molar-refractivity contribution in [2.75, 3.05) is 18.5 Å². The molecule has 0 fully saturated rings. The highest BCUT2D eigenvalue weighted by Gasteiger charge is 2.18. The van der Waals surface area contributed by atoms with Gasteiger partial charge < -0.3 is 19.4 Å². The molecule has 8 nitrogen and oxygen atoms in total. The maximum Gasteiger partial charge on any atom is 0.257 e.